The van der Waals surface area contributed by atoms with Gasteiger partial charge in [0.25, 0.3) is 0 Å². The molecule has 1 aromatic rings. The van der Waals surface area contributed by atoms with E-state index in [4.69, 9.17) is 27.9 Å². The fourth-order valence-electron chi connectivity index (χ4n) is 2.15. The molecular formula is C16H23Cl2NO3. The molecule has 0 saturated heterocycles. The summed E-state index contributed by atoms with van der Waals surface area (Å²) in [6.45, 7) is 6.48. The fraction of sp³-hybridized carbons (Fsp3) is 0.562. The molecule has 2 N–H and O–H groups in total. The number of aliphatic hydroxyl groups excluding tert-OH is 1. The van der Waals surface area contributed by atoms with Gasteiger partial charge in [-0.05, 0) is 30.9 Å². The number of rotatable bonds is 8. The van der Waals surface area contributed by atoms with Crippen LogP contribution in [-0.2, 0) is 4.79 Å². The van der Waals surface area contributed by atoms with Crippen LogP contribution in [0.3, 0.4) is 0 Å². The number of aliphatic hydroxyl groups is 1. The van der Waals surface area contributed by atoms with Gasteiger partial charge in [0.05, 0.1) is 24.2 Å². The lowest BCUT2D eigenvalue weighted by atomic mass is 9.87. The summed E-state index contributed by atoms with van der Waals surface area (Å²) in [5.41, 5.74) is -0.152. The molecule has 6 heteroatoms. The van der Waals surface area contributed by atoms with E-state index in [1.165, 1.54) is 0 Å². The maximum Gasteiger partial charge on any atom is 0.223 e. The van der Waals surface area contributed by atoms with Crippen LogP contribution in [0.5, 0.6) is 5.75 Å². The average molecular weight is 348 g/mol. The van der Waals surface area contributed by atoms with Gasteiger partial charge >= 0.3 is 0 Å². The van der Waals surface area contributed by atoms with Gasteiger partial charge in [0.2, 0.25) is 5.91 Å². The van der Waals surface area contributed by atoms with Gasteiger partial charge in [0, 0.05) is 6.54 Å². The maximum atomic E-state index is 11.8. The van der Waals surface area contributed by atoms with Gasteiger partial charge in [-0.2, -0.15) is 0 Å². The van der Waals surface area contributed by atoms with E-state index in [2.05, 4.69) is 5.32 Å². The fourth-order valence-corrected chi connectivity index (χ4v) is 2.49. The van der Waals surface area contributed by atoms with Crippen LogP contribution in [0, 0.1) is 5.41 Å². The summed E-state index contributed by atoms with van der Waals surface area (Å²) in [4.78, 5) is 11.8. The third kappa shape index (κ3) is 6.86. The van der Waals surface area contributed by atoms with Crippen molar-refractivity contribution in [2.24, 2.45) is 5.41 Å². The Morgan fingerprint density at radius 1 is 1.41 bits per heavy atom. The number of carbonyl (C=O) groups is 1. The number of hydrogen-bond donors (Lipinski definition) is 2. The molecule has 0 heterocycles. The number of ether oxygens (including phenoxy) is 1. The number of benzene rings is 1. The Morgan fingerprint density at radius 2 is 2.09 bits per heavy atom. The second-order valence-electron chi connectivity index (χ2n) is 6.14. The van der Waals surface area contributed by atoms with E-state index in [1.54, 1.807) is 25.1 Å². The number of halogens is 2. The molecule has 1 rings (SSSR count). The molecule has 1 aromatic carbocycles. The first-order chi connectivity index (χ1) is 10.2. The summed E-state index contributed by atoms with van der Waals surface area (Å²) >= 11 is 11.9. The van der Waals surface area contributed by atoms with Crippen molar-refractivity contribution in [1.29, 1.82) is 0 Å². The van der Waals surface area contributed by atoms with Crippen LogP contribution < -0.4 is 10.1 Å². The normalized spacial score (nSPS) is 12.8. The Hall–Kier alpha value is -0.970. The van der Waals surface area contributed by atoms with E-state index in [9.17, 15) is 9.90 Å². The third-order valence-electron chi connectivity index (χ3n) is 3.11. The van der Waals surface area contributed by atoms with Gasteiger partial charge in [0.15, 0.2) is 0 Å². The van der Waals surface area contributed by atoms with Gasteiger partial charge in [-0.15, -0.1) is 0 Å². The largest absolute Gasteiger partial charge is 0.491 e. The molecule has 0 radical (unpaired) electrons. The molecule has 0 aromatic heterocycles. The molecular weight excluding hydrogens is 325 g/mol. The monoisotopic (exact) mass is 347 g/mol. The minimum absolute atomic E-state index is 0.100. The molecule has 22 heavy (non-hydrogen) atoms. The van der Waals surface area contributed by atoms with Crippen molar-refractivity contribution < 1.29 is 14.6 Å². The Morgan fingerprint density at radius 3 is 2.73 bits per heavy atom. The van der Waals surface area contributed by atoms with Crippen LogP contribution in [0.1, 0.15) is 33.6 Å². The van der Waals surface area contributed by atoms with Crippen molar-refractivity contribution in [1.82, 2.24) is 5.32 Å². The van der Waals surface area contributed by atoms with Crippen LogP contribution >= 0.6 is 23.2 Å². The summed E-state index contributed by atoms with van der Waals surface area (Å²) < 4.78 is 5.47. The maximum absolute atomic E-state index is 11.8. The second kappa shape index (κ2) is 8.61. The number of carbonyl (C=O) groups excluding carboxylic acids is 1. The standard InChI is InChI=1S/C16H23Cl2NO3/c1-11(20)9-16(2,3)10-19-14(21)7-8-22-13-6-4-5-12(17)15(13)18/h4-6,11,20H,7-10H2,1-3H3,(H,19,21). The van der Waals surface area contributed by atoms with Crippen LogP contribution in [0.4, 0.5) is 0 Å². The van der Waals surface area contributed by atoms with Gasteiger partial charge in [-0.3, -0.25) is 4.79 Å². The first kappa shape index (κ1) is 19.1. The van der Waals surface area contributed by atoms with Crippen LogP contribution in [0.15, 0.2) is 18.2 Å². The smallest absolute Gasteiger partial charge is 0.223 e. The minimum Gasteiger partial charge on any atom is -0.491 e. The lowest BCUT2D eigenvalue weighted by Crippen LogP contribution is -2.36. The summed E-state index contributed by atoms with van der Waals surface area (Å²) in [6.07, 6.45) is 0.468. The molecule has 0 bridgehead atoms. The first-order valence-electron chi connectivity index (χ1n) is 7.23. The van der Waals surface area contributed by atoms with Gasteiger partial charge in [-0.25, -0.2) is 0 Å². The van der Waals surface area contributed by atoms with E-state index >= 15 is 0 Å². The Labute approximate surface area is 141 Å². The van der Waals surface area contributed by atoms with Crippen LogP contribution in [-0.4, -0.2) is 30.3 Å². The van der Waals surface area contributed by atoms with Crippen molar-refractivity contribution >= 4 is 29.1 Å². The second-order valence-corrected chi connectivity index (χ2v) is 6.93. The summed E-state index contributed by atoms with van der Waals surface area (Å²) in [5.74, 6) is 0.369. The summed E-state index contributed by atoms with van der Waals surface area (Å²) in [7, 11) is 0. The van der Waals surface area contributed by atoms with Gasteiger partial charge in [0.1, 0.15) is 10.8 Å². The van der Waals surface area contributed by atoms with E-state index in [1.807, 2.05) is 13.8 Å². The molecule has 0 fully saturated rings. The zero-order valence-corrected chi connectivity index (χ0v) is 14.7. The Balaban J connectivity index is 2.33. The number of hydrogen-bond acceptors (Lipinski definition) is 3. The molecule has 0 aliphatic rings. The summed E-state index contributed by atoms with van der Waals surface area (Å²) in [6, 6.07) is 5.12. The molecule has 0 saturated carbocycles. The highest BCUT2D eigenvalue weighted by molar-refractivity contribution is 6.42. The molecule has 0 spiro atoms. The Bertz CT molecular complexity index is 504. The highest BCUT2D eigenvalue weighted by Gasteiger charge is 2.21. The zero-order chi connectivity index (χ0) is 16.8. The molecule has 1 amide bonds. The molecule has 0 aliphatic carbocycles. The van der Waals surface area contributed by atoms with Crippen molar-refractivity contribution in [3.05, 3.63) is 28.2 Å². The minimum atomic E-state index is -0.389. The molecule has 1 unspecified atom stereocenters. The van der Waals surface area contributed by atoms with Crippen LogP contribution in [0.25, 0.3) is 0 Å². The number of amides is 1. The highest BCUT2D eigenvalue weighted by atomic mass is 35.5. The first-order valence-corrected chi connectivity index (χ1v) is 7.98. The number of nitrogens with one attached hydrogen (secondary N) is 1. The van der Waals surface area contributed by atoms with Crippen molar-refractivity contribution in [2.75, 3.05) is 13.2 Å². The lowest BCUT2D eigenvalue weighted by molar-refractivity contribution is -0.122. The van der Waals surface area contributed by atoms with Crippen LogP contribution in [0.2, 0.25) is 10.0 Å². The average Bonchev–Trinajstić information content (AvgIpc) is 2.40. The lowest BCUT2D eigenvalue weighted by Gasteiger charge is -2.26. The van der Waals surface area contributed by atoms with Gasteiger partial charge < -0.3 is 15.2 Å². The van der Waals surface area contributed by atoms with Crippen molar-refractivity contribution in [2.45, 2.75) is 39.7 Å². The van der Waals surface area contributed by atoms with E-state index in [0.29, 0.717) is 28.8 Å². The van der Waals surface area contributed by atoms with E-state index < -0.39 is 0 Å². The van der Waals surface area contributed by atoms with E-state index in [0.717, 1.165) is 0 Å². The third-order valence-corrected chi connectivity index (χ3v) is 3.92. The van der Waals surface area contributed by atoms with Crippen molar-refractivity contribution in [3.63, 3.8) is 0 Å². The highest BCUT2D eigenvalue weighted by Crippen LogP contribution is 2.31. The predicted molar refractivity (Wildman–Crippen MR) is 89.7 cm³/mol. The van der Waals surface area contributed by atoms with E-state index in [-0.39, 0.29) is 30.5 Å². The molecule has 124 valence electrons. The predicted octanol–water partition coefficient (Wildman–Crippen LogP) is 3.68. The Kier molecular flexibility index (Phi) is 7.46. The zero-order valence-electron chi connectivity index (χ0n) is 13.2. The van der Waals surface area contributed by atoms with Crippen molar-refractivity contribution in [3.8, 4) is 5.75 Å². The topological polar surface area (TPSA) is 58.6 Å². The molecule has 4 nitrogen and oxygen atoms in total. The molecule has 0 aliphatic heterocycles. The summed E-state index contributed by atoms with van der Waals surface area (Å²) in [5, 5.41) is 13.0. The molecule has 1 atom stereocenters. The quantitative estimate of drug-likeness (QED) is 0.754. The SMILES string of the molecule is CC(O)CC(C)(C)CNC(=O)CCOc1cccc(Cl)c1Cl. The van der Waals surface area contributed by atoms with Gasteiger partial charge in [-0.1, -0.05) is 43.1 Å².